The minimum absolute atomic E-state index is 0.0344. The van der Waals surface area contributed by atoms with Gasteiger partial charge in [0.2, 0.25) is 6.79 Å². The minimum Gasteiger partial charge on any atom is -0.454 e. The van der Waals surface area contributed by atoms with Crippen LogP contribution in [0, 0.1) is 6.92 Å². The number of nitrogens with one attached hydrogen (secondary N) is 2. The van der Waals surface area contributed by atoms with Gasteiger partial charge in [-0.25, -0.2) is 0 Å². The molecule has 27 heavy (non-hydrogen) atoms. The topological polar surface area (TPSA) is 79.9 Å². The first kappa shape index (κ1) is 18.7. The number of anilines is 1. The van der Waals surface area contributed by atoms with Crippen molar-refractivity contribution in [2.75, 3.05) is 32.7 Å². The molecule has 1 atom stereocenters. The van der Waals surface area contributed by atoms with Gasteiger partial charge in [0.05, 0.1) is 6.04 Å². The predicted molar refractivity (Wildman–Crippen MR) is 102 cm³/mol. The molecule has 0 aromatic heterocycles. The van der Waals surface area contributed by atoms with Crippen LogP contribution in [0.5, 0.6) is 11.5 Å². The van der Waals surface area contributed by atoms with Gasteiger partial charge in [-0.2, -0.15) is 0 Å². The molecule has 2 aromatic carbocycles. The van der Waals surface area contributed by atoms with Gasteiger partial charge >= 0.3 is 11.8 Å². The third-order valence-corrected chi connectivity index (χ3v) is 4.38. The molecule has 1 heterocycles. The molecular weight excluding hydrogens is 346 g/mol. The van der Waals surface area contributed by atoms with Crippen molar-refractivity contribution >= 4 is 17.5 Å². The molecule has 2 aromatic rings. The number of benzene rings is 2. The standard InChI is InChI=1S/C20H23N3O4/c1-13-4-6-14(7-5-13)16(23(2)3)11-21-19(24)20(25)22-15-8-9-17-18(10-15)27-12-26-17/h4-10,16H,11-12H2,1-3H3,(H,21,24)(H,22,25). The fourth-order valence-corrected chi connectivity index (χ4v) is 2.82. The smallest absolute Gasteiger partial charge is 0.313 e. The maximum atomic E-state index is 12.2. The Morgan fingerprint density at radius 2 is 1.74 bits per heavy atom. The van der Waals surface area contributed by atoms with Crippen LogP contribution >= 0.6 is 0 Å². The predicted octanol–water partition coefficient (Wildman–Crippen LogP) is 2.08. The van der Waals surface area contributed by atoms with Gasteiger partial charge in [-0.15, -0.1) is 0 Å². The molecule has 3 rings (SSSR count). The number of hydrogen-bond acceptors (Lipinski definition) is 5. The summed E-state index contributed by atoms with van der Waals surface area (Å²) in [5.74, 6) is -0.258. The van der Waals surface area contributed by atoms with E-state index in [2.05, 4.69) is 10.6 Å². The molecule has 0 saturated heterocycles. The maximum Gasteiger partial charge on any atom is 0.313 e. The second kappa shape index (κ2) is 8.09. The lowest BCUT2D eigenvalue weighted by Crippen LogP contribution is -2.40. The highest BCUT2D eigenvalue weighted by Gasteiger charge is 2.20. The van der Waals surface area contributed by atoms with E-state index in [1.54, 1.807) is 18.2 Å². The van der Waals surface area contributed by atoms with Crippen LogP contribution in [0.15, 0.2) is 42.5 Å². The van der Waals surface area contributed by atoms with Crippen molar-refractivity contribution in [2.24, 2.45) is 0 Å². The average molecular weight is 369 g/mol. The second-order valence-corrected chi connectivity index (χ2v) is 6.62. The second-order valence-electron chi connectivity index (χ2n) is 6.62. The van der Waals surface area contributed by atoms with Crippen molar-refractivity contribution in [3.8, 4) is 11.5 Å². The Hall–Kier alpha value is -3.06. The van der Waals surface area contributed by atoms with E-state index in [0.717, 1.165) is 5.56 Å². The molecule has 7 heteroatoms. The third-order valence-electron chi connectivity index (χ3n) is 4.38. The highest BCUT2D eigenvalue weighted by molar-refractivity contribution is 6.39. The van der Waals surface area contributed by atoms with Gasteiger partial charge < -0.3 is 25.0 Å². The lowest BCUT2D eigenvalue weighted by atomic mass is 10.0. The van der Waals surface area contributed by atoms with Crippen LogP contribution in [0.2, 0.25) is 0 Å². The summed E-state index contributed by atoms with van der Waals surface area (Å²) in [5, 5.41) is 5.27. The number of ether oxygens (including phenoxy) is 2. The number of rotatable bonds is 5. The molecule has 2 N–H and O–H groups in total. The Kier molecular flexibility index (Phi) is 5.61. The summed E-state index contributed by atoms with van der Waals surface area (Å²) >= 11 is 0. The van der Waals surface area contributed by atoms with Crippen molar-refractivity contribution < 1.29 is 19.1 Å². The summed E-state index contributed by atoms with van der Waals surface area (Å²) in [7, 11) is 3.87. The molecular formula is C20H23N3O4. The van der Waals surface area contributed by atoms with Gasteiger partial charge in [0.25, 0.3) is 0 Å². The molecule has 0 fully saturated rings. The Labute approximate surface area is 158 Å². The van der Waals surface area contributed by atoms with E-state index in [1.807, 2.05) is 50.2 Å². The normalized spacial score (nSPS) is 13.3. The van der Waals surface area contributed by atoms with Crippen molar-refractivity contribution in [1.29, 1.82) is 0 Å². The lowest BCUT2D eigenvalue weighted by Gasteiger charge is -2.25. The zero-order chi connectivity index (χ0) is 19.4. The Bertz CT molecular complexity index is 834. The van der Waals surface area contributed by atoms with Crippen molar-refractivity contribution in [3.05, 3.63) is 53.6 Å². The number of carbonyl (C=O) groups excluding carboxylic acids is 2. The van der Waals surface area contributed by atoms with Crippen LogP contribution in [0.3, 0.4) is 0 Å². The number of carbonyl (C=O) groups is 2. The van der Waals surface area contributed by atoms with Crippen LogP contribution in [0.1, 0.15) is 17.2 Å². The third kappa shape index (κ3) is 4.57. The number of amides is 2. The zero-order valence-electron chi connectivity index (χ0n) is 15.6. The Morgan fingerprint density at radius 1 is 1.04 bits per heavy atom. The van der Waals surface area contributed by atoms with Gasteiger partial charge in [-0.05, 0) is 38.7 Å². The highest BCUT2D eigenvalue weighted by atomic mass is 16.7. The number of likely N-dealkylation sites (N-methyl/N-ethyl adjacent to an activating group) is 1. The van der Waals surface area contributed by atoms with Crippen LogP contribution in [-0.2, 0) is 9.59 Å². The summed E-state index contributed by atoms with van der Waals surface area (Å²) < 4.78 is 10.5. The van der Waals surface area contributed by atoms with E-state index in [9.17, 15) is 9.59 Å². The molecule has 7 nitrogen and oxygen atoms in total. The summed E-state index contributed by atoms with van der Waals surface area (Å²) in [6, 6.07) is 13.1. The monoisotopic (exact) mass is 369 g/mol. The summed E-state index contributed by atoms with van der Waals surface area (Å²) in [6.45, 7) is 2.50. The van der Waals surface area contributed by atoms with E-state index >= 15 is 0 Å². The van der Waals surface area contributed by atoms with Crippen LogP contribution in [0.25, 0.3) is 0 Å². The molecule has 0 spiro atoms. The summed E-state index contributed by atoms with van der Waals surface area (Å²) in [4.78, 5) is 26.4. The Balaban J connectivity index is 1.58. The maximum absolute atomic E-state index is 12.2. The number of aryl methyl sites for hydroxylation is 1. The molecule has 0 saturated carbocycles. The van der Waals surface area contributed by atoms with Gasteiger partial charge in [-0.1, -0.05) is 29.8 Å². The first-order valence-corrected chi connectivity index (χ1v) is 8.66. The van der Waals surface area contributed by atoms with Gasteiger partial charge in [-0.3, -0.25) is 9.59 Å². The van der Waals surface area contributed by atoms with Crippen molar-refractivity contribution in [1.82, 2.24) is 10.2 Å². The van der Waals surface area contributed by atoms with E-state index < -0.39 is 11.8 Å². The molecule has 142 valence electrons. The fourth-order valence-electron chi connectivity index (χ4n) is 2.82. The van der Waals surface area contributed by atoms with Gasteiger partial charge in [0.15, 0.2) is 11.5 Å². The molecule has 2 amide bonds. The van der Waals surface area contributed by atoms with Crippen LogP contribution in [0.4, 0.5) is 5.69 Å². The van der Waals surface area contributed by atoms with Gasteiger partial charge in [0.1, 0.15) is 0 Å². The quantitative estimate of drug-likeness (QED) is 0.789. The molecule has 0 bridgehead atoms. The summed E-state index contributed by atoms with van der Waals surface area (Å²) in [6.07, 6.45) is 0. The first-order chi connectivity index (χ1) is 12.9. The van der Waals surface area contributed by atoms with E-state index in [0.29, 0.717) is 23.7 Å². The minimum atomic E-state index is -0.727. The molecule has 1 unspecified atom stereocenters. The number of hydrogen-bond donors (Lipinski definition) is 2. The van der Waals surface area contributed by atoms with E-state index in [1.165, 1.54) is 5.56 Å². The molecule has 1 aliphatic heterocycles. The fraction of sp³-hybridized carbons (Fsp3) is 0.300. The van der Waals surface area contributed by atoms with Crippen LogP contribution in [-0.4, -0.2) is 44.1 Å². The first-order valence-electron chi connectivity index (χ1n) is 8.66. The van der Waals surface area contributed by atoms with E-state index in [4.69, 9.17) is 9.47 Å². The molecule has 0 aliphatic carbocycles. The average Bonchev–Trinajstić information content (AvgIpc) is 3.10. The van der Waals surface area contributed by atoms with Crippen LogP contribution < -0.4 is 20.1 Å². The SMILES string of the molecule is Cc1ccc(C(CNC(=O)C(=O)Nc2ccc3c(c2)OCO3)N(C)C)cc1. The molecule has 1 aliphatic rings. The number of fused-ring (bicyclic) bond motifs is 1. The van der Waals surface area contributed by atoms with Crippen molar-refractivity contribution in [3.63, 3.8) is 0 Å². The van der Waals surface area contributed by atoms with E-state index in [-0.39, 0.29) is 12.8 Å². The Morgan fingerprint density at radius 3 is 2.44 bits per heavy atom. The molecule has 0 radical (unpaired) electrons. The zero-order valence-corrected chi connectivity index (χ0v) is 15.6. The lowest BCUT2D eigenvalue weighted by molar-refractivity contribution is -0.136. The largest absolute Gasteiger partial charge is 0.454 e. The summed E-state index contributed by atoms with van der Waals surface area (Å²) in [5.41, 5.74) is 2.72. The highest BCUT2D eigenvalue weighted by Crippen LogP contribution is 2.34. The van der Waals surface area contributed by atoms with Gasteiger partial charge in [0, 0.05) is 18.3 Å². The number of nitrogens with zero attached hydrogens (tertiary/aromatic N) is 1. The van der Waals surface area contributed by atoms with Crippen molar-refractivity contribution in [2.45, 2.75) is 13.0 Å².